The highest BCUT2D eigenvalue weighted by Crippen LogP contribution is 2.38. The largest absolute Gasteiger partial charge is 0.497 e. The quantitative estimate of drug-likeness (QED) is 0.895. The monoisotopic (exact) mass is 317 g/mol. The summed E-state index contributed by atoms with van der Waals surface area (Å²) in [5, 5.41) is 12.0. The van der Waals surface area contributed by atoms with E-state index in [-0.39, 0.29) is 5.37 Å². The van der Waals surface area contributed by atoms with Gasteiger partial charge in [-0.2, -0.15) is 0 Å². The molecule has 1 aliphatic heterocycles. The Morgan fingerprint density at radius 3 is 3.00 bits per heavy atom. The number of thioether (sulfide) groups is 1. The van der Waals surface area contributed by atoms with E-state index in [9.17, 15) is 4.79 Å². The van der Waals surface area contributed by atoms with Gasteiger partial charge in [-0.25, -0.2) is 0 Å². The molecule has 1 aromatic rings. The first-order valence-corrected chi connectivity index (χ1v) is 6.90. The highest BCUT2D eigenvalue weighted by molar-refractivity contribution is 9.10. The zero-order chi connectivity index (χ0) is 12.4. The third-order valence-electron chi connectivity index (χ3n) is 2.57. The third-order valence-corrected chi connectivity index (χ3v) is 4.54. The van der Waals surface area contributed by atoms with E-state index in [1.54, 1.807) is 18.9 Å². The van der Waals surface area contributed by atoms with E-state index in [1.165, 1.54) is 0 Å². The highest BCUT2D eigenvalue weighted by Gasteiger charge is 2.31. The van der Waals surface area contributed by atoms with Crippen LogP contribution in [0.25, 0.3) is 0 Å². The van der Waals surface area contributed by atoms with E-state index in [0.717, 1.165) is 15.8 Å². The van der Waals surface area contributed by atoms with Gasteiger partial charge in [0, 0.05) is 10.2 Å². The van der Waals surface area contributed by atoms with E-state index in [2.05, 4.69) is 21.2 Å². The lowest BCUT2D eigenvalue weighted by Crippen LogP contribution is -2.33. The van der Waals surface area contributed by atoms with Gasteiger partial charge in [-0.05, 0) is 23.8 Å². The number of methoxy groups -OCH3 is 1. The summed E-state index contributed by atoms with van der Waals surface area (Å²) in [6.45, 7) is 0. The molecule has 1 aromatic carbocycles. The van der Waals surface area contributed by atoms with E-state index in [0.29, 0.717) is 5.75 Å². The Morgan fingerprint density at radius 2 is 2.41 bits per heavy atom. The van der Waals surface area contributed by atoms with Crippen LogP contribution in [0.5, 0.6) is 5.75 Å². The van der Waals surface area contributed by atoms with Gasteiger partial charge in [-0.1, -0.05) is 15.9 Å². The molecule has 2 unspecified atom stereocenters. The molecule has 1 saturated heterocycles. The minimum Gasteiger partial charge on any atom is -0.497 e. The molecular weight excluding hydrogens is 306 g/mol. The van der Waals surface area contributed by atoms with E-state index < -0.39 is 12.0 Å². The first kappa shape index (κ1) is 12.7. The standard InChI is InChI=1S/C11H12BrNO3S/c1-16-6-2-3-8(12)7(4-6)10-13-9(5-17-10)11(14)15/h2-4,9-10,13H,5H2,1H3,(H,14,15). The summed E-state index contributed by atoms with van der Waals surface area (Å²) in [5.74, 6) is 0.535. The summed E-state index contributed by atoms with van der Waals surface area (Å²) >= 11 is 5.06. The average molecular weight is 318 g/mol. The summed E-state index contributed by atoms with van der Waals surface area (Å²) < 4.78 is 6.12. The number of carboxylic acids is 1. The van der Waals surface area contributed by atoms with Crippen molar-refractivity contribution < 1.29 is 14.6 Å². The number of halogens is 1. The van der Waals surface area contributed by atoms with Crippen molar-refractivity contribution in [3.05, 3.63) is 28.2 Å². The Hall–Kier alpha value is -0.720. The second-order valence-corrected chi connectivity index (χ2v) is 5.65. The lowest BCUT2D eigenvalue weighted by atomic mass is 10.2. The van der Waals surface area contributed by atoms with Crippen molar-refractivity contribution in [2.45, 2.75) is 11.4 Å². The van der Waals surface area contributed by atoms with Gasteiger partial charge < -0.3 is 9.84 Å². The van der Waals surface area contributed by atoms with Gasteiger partial charge >= 0.3 is 5.97 Å². The SMILES string of the molecule is COc1ccc(Br)c(C2NC(C(=O)O)CS2)c1. The molecule has 92 valence electrons. The molecule has 0 radical (unpaired) electrons. The van der Waals surface area contributed by atoms with Crippen molar-refractivity contribution in [2.75, 3.05) is 12.9 Å². The highest BCUT2D eigenvalue weighted by atomic mass is 79.9. The second-order valence-electron chi connectivity index (χ2n) is 3.66. The molecule has 0 bridgehead atoms. The Bertz CT molecular complexity index is 441. The predicted molar refractivity (Wildman–Crippen MR) is 70.5 cm³/mol. The number of carboxylic acid groups (broad SMARTS) is 1. The van der Waals surface area contributed by atoms with Crippen molar-refractivity contribution >= 4 is 33.7 Å². The van der Waals surface area contributed by atoms with Crippen LogP contribution in [-0.4, -0.2) is 30.0 Å². The summed E-state index contributed by atoms with van der Waals surface area (Å²) in [5.41, 5.74) is 1.01. The van der Waals surface area contributed by atoms with Crippen LogP contribution < -0.4 is 10.1 Å². The maximum atomic E-state index is 10.9. The number of nitrogens with one attached hydrogen (secondary N) is 1. The first-order chi connectivity index (χ1) is 8.11. The molecule has 0 aliphatic carbocycles. The Balaban J connectivity index is 2.20. The number of benzene rings is 1. The smallest absolute Gasteiger partial charge is 0.321 e. The van der Waals surface area contributed by atoms with Gasteiger partial charge in [0.2, 0.25) is 0 Å². The van der Waals surface area contributed by atoms with Crippen molar-refractivity contribution in [2.24, 2.45) is 0 Å². The maximum Gasteiger partial charge on any atom is 0.321 e. The molecule has 1 aliphatic rings. The fraction of sp³-hybridized carbons (Fsp3) is 0.364. The van der Waals surface area contributed by atoms with Crippen molar-refractivity contribution in [1.82, 2.24) is 5.32 Å². The summed E-state index contributed by atoms with van der Waals surface area (Å²) in [7, 11) is 1.61. The number of carbonyl (C=O) groups is 1. The zero-order valence-electron chi connectivity index (χ0n) is 9.14. The van der Waals surface area contributed by atoms with Crippen LogP contribution >= 0.6 is 27.7 Å². The molecule has 0 aromatic heterocycles. The molecule has 2 atom stereocenters. The van der Waals surface area contributed by atoms with Gasteiger partial charge in [-0.15, -0.1) is 11.8 Å². The topological polar surface area (TPSA) is 58.6 Å². The minimum absolute atomic E-state index is 0.0134. The normalized spacial score (nSPS) is 23.6. The lowest BCUT2D eigenvalue weighted by molar-refractivity contribution is -0.138. The third kappa shape index (κ3) is 2.75. The lowest BCUT2D eigenvalue weighted by Gasteiger charge is -2.14. The molecule has 6 heteroatoms. The predicted octanol–water partition coefficient (Wildman–Crippen LogP) is 2.25. The van der Waals surface area contributed by atoms with Gasteiger partial charge in [-0.3, -0.25) is 10.1 Å². The van der Waals surface area contributed by atoms with Gasteiger partial charge in [0.15, 0.2) is 0 Å². The number of aliphatic carboxylic acids is 1. The van der Waals surface area contributed by atoms with Crippen molar-refractivity contribution in [3.63, 3.8) is 0 Å². The number of rotatable bonds is 3. The van der Waals surface area contributed by atoms with Crippen LogP contribution in [0, 0.1) is 0 Å². The van der Waals surface area contributed by atoms with Crippen LogP contribution in [-0.2, 0) is 4.79 Å². The Kier molecular flexibility index (Phi) is 3.96. The molecule has 2 N–H and O–H groups in total. The molecule has 0 spiro atoms. The fourth-order valence-corrected chi connectivity index (χ4v) is 3.53. The zero-order valence-corrected chi connectivity index (χ0v) is 11.5. The Morgan fingerprint density at radius 1 is 1.65 bits per heavy atom. The Labute approximate surface area is 112 Å². The number of hydrogen-bond acceptors (Lipinski definition) is 4. The van der Waals surface area contributed by atoms with Crippen LogP contribution in [0.3, 0.4) is 0 Å². The molecule has 0 saturated carbocycles. The summed E-state index contributed by atoms with van der Waals surface area (Å²) in [6.07, 6.45) is 0. The fourth-order valence-electron chi connectivity index (χ4n) is 1.64. The summed E-state index contributed by atoms with van der Waals surface area (Å²) in [6, 6.07) is 5.20. The molecular formula is C11H12BrNO3S. The number of ether oxygens (including phenoxy) is 1. The van der Waals surface area contributed by atoms with Crippen LogP contribution in [0.1, 0.15) is 10.9 Å². The molecule has 0 amide bonds. The van der Waals surface area contributed by atoms with Gasteiger partial charge in [0.05, 0.1) is 12.5 Å². The van der Waals surface area contributed by atoms with Crippen LogP contribution in [0.15, 0.2) is 22.7 Å². The average Bonchev–Trinajstić information content (AvgIpc) is 2.79. The summed E-state index contributed by atoms with van der Waals surface area (Å²) in [4.78, 5) is 10.9. The maximum absolute atomic E-state index is 10.9. The molecule has 1 heterocycles. The molecule has 1 fully saturated rings. The van der Waals surface area contributed by atoms with Gasteiger partial charge in [0.25, 0.3) is 0 Å². The van der Waals surface area contributed by atoms with E-state index in [1.807, 2.05) is 18.2 Å². The second kappa shape index (κ2) is 5.29. The van der Waals surface area contributed by atoms with E-state index in [4.69, 9.17) is 9.84 Å². The van der Waals surface area contributed by atoms with Crippen molar-refractivity contribution in [3.8, 4) is 5.75 Å². The molecule has 17 heavy (non-hydrogen) atoms. The van der Waals surface area contributed by atoms with Gasteiger partial charge in [0.1, 0.15) is 11.8 Å². The minimum atomic E-state index is -0.806. The number of hydrogen-bond donors (Lipinski definition) is 2. The van der Waals surface area contributed by atoms with Crippen molar-refractivity contribution in [1.29, 1.82) is 0 Å². The van der Waals surface area contributed by atoms with Crippen LogP contribution in [0.2, 0.25) is 0 Å². The van der Waals surface area contributed by atoms with E-state index >= 15 is 0 Å². The van der Waals surface area contributed by atoms with Crippen LogP contribution in [0.4, 0.5) is 0 Å². The molecule has 4 nitrogen and oxygen atoms in total. The molecule has 2 rings (SSSR count). The first-order valence-electron chi connectivity index (χ1n) is 5.05.